The summed E-state index contributed by atoms with van der Waals surface area (Å²) >= 11 is 0. The Morgan fingerprint density at radius 2 is 1.50 bits per heavy atom. The van der Waals surface area contributed by atoms with Crippen LogP contribution < -0.4 is 10.6 Å². The molecule has 1 saturated carbocycles. The van der Waals surface area contributed by atoms with E-state index in [1.54, 1.807) is 48.5 Å². The summed E-state index contributed by atoms with van der Waals surface area (Å²) in [4.78, 5) is 23.9. The maximum absolute atomic E-state index is 13.1. The van der Waals surface area contributed by atoms with Gasteiger partial charge in [0.25, 0.3) is 0 Å². The molecular formula is C19H20N2O4S. The number of sulfone groups is 1. The van der Waals surface area contributed by atoms with Crippen molar-refractivity contribution in [2.75, 3.05) is 6.54 Å². The summed E-state index contributed by atoms with van der Waals surface area (Å²) in [6.45, 7) is -0.182. The van der Waals surface area contributed by atoms with Crippen molar-refractivity contribution in [2.24, 2.45) is 0 Å². The van der Waals surface area contributed by atoms with Gasteiger partial charge in [-0.2, -0.15) is 0 Å². The molecule has 136 valence electrons. The number of benzene rings is 2. The van der Waals surface area contributed by atoms with Crippen LogP contribution in [-0.2, 0) is 19.4 Å². The Bertz CT molecular complexity index is 878. The largest absolute Gasteiger partial charge is 0.346 e. The molecule has 0 saturated heterocycles. The number of hydrogen-bond acceptors (Lipinski definition) is 4. The summed E-state index contributed by atoms with van der Waals surface area (Å²) in [6, 6.07) is 16.8. The average Bonchev–Trinajstić information content (AvgIpc) is 3.47. The van der Waals surface area contributed by atoms with Crippen LogP contribution in [0.4, 0.5) is 0 Å². The Morgan fingerprint density at radius 3 is 2.08 bits per heavy atom. The quantitative estimate of drug-likeness (QED) is 0.754. The highest BCUT2D eigenvalue weighted by Gasteiger charge is 2.31. The molecule has 0 aromatic heterocycles. The minimum absolute atomic E-state index is 0.0613. The molecule has 0 radical (unpaired) electrons. The normalized spacial score (nSPS) is 15.1. The van der Waals surface area contributed by atoms with Gasteiger partial charge in [-0.3, -0.25) is 9.59 Å². The van der Waals surface area contributed by atoms with Gasteiger partial charge in [0.1, 0.15) is 5.25 Å². The van der Waals surface area contributed by atoms with Crippen LogP contribution in [0.15, 0.2) is 65.6 Å². The zero-order valence-corrected chi connectivity index (χ0v) is 14.9. The van der Waals surface area contributed by atoms with E-state index in [0.717, 1.165) is 12.8 Å². The maximum Gasteiger partial charge on any atom is 0.309 e. The Balaban J connectivity index is 1.80. The molecule has 2 N–H and O–H groups in total. The van der Waals surface area contributed by atoms with Gasteiger partial charge < -0.3 is 10.6 Å². The van der Waals surface area contributed by atoms with E-state index in [4.69, 9.17) is 0 Å². The lowest BCUT2D eigenvalue weighted by atomic mass is 10.1. The van der Waals surface area contributed by atoms with Gasteiger partial charge >= 0.3 is 11.8 Å². The summed E-state index contributed by atoms with van der Waals surface area (Å²) in [5, 5.41) is 4.06. The number of carbonyl (C=O) groups is 2. The van der Waals surface area contributed by atoms with E-state index in [1.807, 2.05) is 0 Å². The van der Waals surface area contributed by atoms with Crippen molar-refractivity contribution < 1.29 is 18.0 Å². The second-order valence-corrected chi connectivity index (χ2v) is 8.35. The van der Waals surface area contributed by atoms with Crippen molar-refractivity contribution in [3.05, 3.63) is 66.2 Å². The van der Waals surface area contributed by atoms with Gasteiger partial charge in [0.15, 0.2) is 9.84 Å². The SMILES string of the molecule is O=C(NC[C@H](c1ccccc1)S(=O)(=O)c1ccccc1)C(=O)NC1CC1. The molecule has 0 unspecified atom stereocenters. The molecule has 3 rings (SSSR count). The smallest absolute Gasteiger partial charge is 0.309 e. The predicted octanol–water partition coefficient (Wildman–Crippen LogP) is 1.60. The van der Waals surface area contributed by atoms with E-state index < -0.39 is 26.9 Å². The fourth-order valence-corrected chi connectivity index (χ4v) is 4.28. The highest BCUT2D eigenvalue weighted by molar-refractivity contribution is 7.91. The Morgan fingerprint density at radius 1 is 0.923 bits per heavy atom. The van der Waals surface area contributed by atoms with E-state index in [-0.39, 0.29) is 17.5 Å². The lowest BCUT2D eigenvalue weighted by Gasteiger charge is -2.19. The summed E-state index contributed by atoms with van der Waals surface area (Å²) in [5.74, 6) is -1.54. The third-order valence-electron chi connectivity index (χ3n) is 4.18. The van der Waals surface area contributed by atoms with E-state index in [9.17, 15) is 18.0 Å². The van der Waals surface area contributed by atoms with Crippen LogP contribution in [0.3, 0.4) is 0 Å². The number of rotatable bonds is 6. The van der Waals surface area contributed by atoms with Crippen LogP contribution in [0, 0.1) is 0 Å². The number of nitrogens with one attached hydrogen (secondary N) is 2. The molecule has 6 nitrogen and oxygen atoms in total. The highest BCUT2D eigenvalue weighted by Crippen LogP contribution is 2.28. The van der Waals surface area contributed by atoms with Crippen molar-refractivity contribution in [3.63, 3.8) is 0 Å². The van der Waals surface area contributed by atoms with Crippen LogP contribution >= 0.6 is 0 Å². The first-order chi connectivity index (χ1) is 12.5. The molecule has 2 aromatic carbocycles. The zero-order valence-electron chi connectivity index (χ0n) is 14.1. The zero-order chi connectivity index (χ0) is 18.6. The van der Waals surface area contributed by atoms with E-state index >= 15 is 0 Å². The van der Waals surface area contributed by atoms with E-state index in [1.165, 1.54) is 12.1 Å². The van der Waals surface area contributed by atoms with Gasteiger partial charge in [0.2, 0.25) is 0 Å². The molecule has 0 bridgehead atoms. The van der Waals surface area contributed by atoms with Gasteiger partial charge in [-0.15, -0.1) is 0 Å². The molecule has 2 aromatic rings. The van der Waals surface area contributed by atoms with Crippen molar-refractivity contribution in [2.45, 2.75) is 29.0 Å². The summed E-state index contributed by atoms with van der Waals surface area (Å²) in [7, 11) is -3.73. The summed E-state index contributed by atoms with van der Waals surface area (Å²) in [5.41, 5.74) is 0.555. The first-order valence-corrected chi connectivity index (χ1v) is 9.95. The molecule has 7 heteroatoms. The minimum Gasteiger partial charge on any atom is -0.346 e. The number of carbonyl (C=O) groups excluding carboxylic acids is 2. The van der Waals surface area contributed by atoms with Gasteiger partial charge in [0, 0.05) is 12.6 Å². The summed E-state index contributed by atoms with van der Waals surface area (Å²) in [6.07, 6.45) is 1.74. The van der Waals surface area contributed by atoms with E-state index in [2.05, 4.69) is 10.6 Å². The standard InChI is InChI=1S/C19H20N2O4S/c22-18(19(23)21-15-11-12-15)20-13-17(14-7-3-1-4-8-14)26(24,25)16-9-5-2-6-10-16/h1-10,15,17H,11-13H2,(H,20,22)(H,21,23)/t17-/m1/s1. The molecule has 26 heavy (non-hydrogen) atoms. The second-order valence-electron chi connectivity index (χ2n) is 6.22. The van der Waals surface area contributed by atoms with Gasteiger partial charge in [-0.05, 0) is 30.5 Å². The first-order valence-electron chi connectivity index (χ1n) is 8.41. The number of amides is 2. The fourth-order valence-electron chi connectivity index (χ4n) is 2.59. The molecule has 0 heterocycles. The minimum atomic E-state index is -3.73. The van der Waals surface area contributed by atoms with Crippen LogP contribution in [0.25, 0.3) is 0 Å². The van der Waals surface area contributed by atoms with Crippen molar-refractivity contribution in [1.29, 1.82) is 0 Å². The molecule has 0 aliphatic heterocycles. The molecule has 1 aliphatic rings. The topological polar surface area (TPSA) is 92.3 Å². The van der Waals surface area contributed by atoms with Gasteiger partial charge in [-0.25, -0.2) is 8.42 Å². The molecule has 1 fully saturated rings. The lowest BCUT2D eigenvalue weighted by Crippen LogP contribution is -2.43. The fraction of sp³-hybridized carbons (Fsp3) is 0.263. The molecule has 0 spiro atoms. The maximum atomic E-state index is 13.1. The van der Waals surface area contributed by atoms with Gasteiger partial charge in [0.05, 0.1) is 4.90 Å². The first kappa shape index (κ1) is 18.1. The van der Waals surface area contributed by atoms with Crippen LogP contribution in [0.1, 0.15) is 23.7 Å². The molecule has 1 aliphatic carbocycles. The lowest BCUT2D eigenvalue weighted by molar-refractivity contribution is -0.139. The molecule has 2 amide bonds. The molecule has 1 atom stereocenters. The average molecular weight is 372 g/mol. The van der Waals surface area contributed by atoms with Crippen molar-refractivity contribution >= 4 is 21.7 Å². The van der Waals surface area contributed by atoms with Gasteiger partial charge in [-0.1, -0.05) is 48.5 Å². The highest BCUT2D eigenvalue weighted by atomic mass is 32.2. The van der Waals surface area contributed by atoms with E-state index in [0.29, 0.717) is 5.56 Å². The third kappa shape index (κ3) is 4.29. The second kappa shape index (κ2) is 7.70. The Kier molecular flexibility index (Phi) is 5.37. The molecular weight excluding hydrogens is 352 g/mol. The van der Waals surface area contributed by atoms with Crippen LogP contribution in [0.5, 0.6) is 0 Å². The number of hydrogen-bond donors (Lipinski definition) is 2. The van der Waals surface area contributed by atoms with Crippen molar-refractivity contribution in [1.82, 2.24) is 10.6 Å². The van der Waals surface area contributed by atoms with Crippen LogP contribution in [0.2, 0.25) is 0 Å². The Hall–Kier alpha value is -2.67. The summed E-state index contributed by atoms with van der Waals surface area (Å²) < 4.78 is 26.1. The van der Waals surface area contributed by atoms with Crippen molar-refractivity contribution in [3.8, 4) is 0 Å². The Labute approximate surface area is 152 Å². The predicted molar refractivity (Wildman–Crippen MR) is 97.0 cm³/mol. The third-order valence-corrected chi connectivity index (χ3v) is 6.30. The monoisotopic (exact) mass is 372 g/mol. The van der Waals surface area contributed by atoms with Crippen LogP contribution in [-0.4, -0.2) is 32.8 Å².